The highest BCUT2D eigenvalue weighted by Gasteiger charge is 2.18. The molecule has 1 aliphatic heterocycles. The van der Waals surface area contributed by atoms with Crippen molar-refractivity contribution in [3.8, 4) is 0 Å². The van der Waals surface area contributed by atoms with Crippen molar-refractivity contribution in [2.24, 2.45) is 0 Å². The Morgan fingerprint density at radius 2 is 0.975 bits per heavy atom. The molecule has 2 amide bonds. The van der Waals surface area contributed by atoms with Crippen LogP contribution in [-0.4, -0.2) is 54.3 Å². The average Bonchev–Trinajstić information content (AvgIpc) is 3.30. The van der Waals surface area contributed by atoms with Gasteiger partial charge in [-0.05, 0) is 48.5 Å². The number of sulfone groups is 1. The maximum Gasteiger partial charge on any atom is 0.338 e. The van der Waals surface area contributed by atoms with E-state index in [0.717, 1.165) is 24.3 Å². The predicted molar refractivity (Wildman–Crippen MR) is 141 cm³/mol. The van der Waals surface area contributed by atoms with E-state index < -0.39 is 45.5 Å². The molecule has 1 heterocycles. The van der Waals surface area contributed by atoms with Crippen LogP contribution < -0.4 is 10.6 Å². The molecule has 0 saturated heterocycles. The Hall–Kier alpha value is -5.37. The minimum Gasteiger partial charge on any atom is -0.478 e. The van der Waals surface area contributed by atoms with Crippen LogP contribution in [0.15, 0.2) is 94.8 Å². The third-order valence-corrected chi connectivity index (χ3v) is 5.96. The summed E-state index contributed by atoms with van der Waals surface area (Å²) >= 11 is 0. The Bertz CT molecular complexity index is 1350. The lowest BCUT2D eigenvalue weighted by Gasteiger charge is -2.08. The van der Waals surface area contributed by atoms with Crippen molar-refractivity contribution in [1.29, 1.82) is 0 Å². The third kappa shape index (κ3) is 11.4. The van der Waals surface area contributed by atoms with Crippen LogP contribution in [0.1, 0.15) is 13.8 Å². The van der Waals surface area contributed by atoms with Crippen molar-refractivity contribution in [2.45, 2.75) is 23.6 Å². The van der Waals surface area contributed by atoms with Crippen molar-refractivity contribution in [3.63, 3.8) is 0 Å². The van der Waals surface area contributed by atoms with E-state index in [2.05, 4.69) is 15.4 Å². The first kappa shape index (κ1) is 32.7. The van der Waals surface area contributed by atoms with Gasteiger partial charge in [0.15, 0.2) is 0 Å². The smallest absolute Gasteiger partial charge is 0.338 e. The summed E-state index contributed by atoms with van der Waals surface area (Å²) < 4.78 is 29.4. The van der Waals surface area contributed by atoms with Gasteiger partial charge in [-0.1, -0.05) is 13.8 Å². The van der Waals surface area contributed by atoms with Gasteiger partial charge in [0, 0.05) is 47.8 Å². The van der Waals surface area contributed by atoms with Crippen LogP contribution >= 0.6 is 0 Å². The number of anilines is 2. The van der Waals surface area contributed by atoms with Crippen LogP contribution in [0.3, 0.4) is 0 Å². The van der Waals surface area contributed by atoms with Crippen molar-refractivity contribution < 1.29 is 52.1 Å². The summed E-state index contributed by atoms with van der Waals surface area (Å²) in [7, 11) is -3.88. The summed E-state index contributed by atoms with van der Waals surface area (Å²) in [6, 6.07) is 10.5. The zero-order chi connectivity index (χ0) is 30.3. The molecule has 1 aliphatic rings. The zero-order valence-electron chi connectivity index (χ0n) is 21.1. The molecule has 0 saturated carbocycles. The van der Waals surface area contributed by atoms with Gasteiger partial charge in [0.2, 0.25) is 21.7 Å². The lowest BCUT2D eigenvalue weighted by Crippen LogP contribution is -2.09. The van der Waals surface area contributed by atoms with Gasteiger partial charge < -0.3 is 25.6 Å². The zero-order valence-corrected chi connectivity index (χ0v) is 21.9. The van der Waals surface area contributed by atoms with E-state index in [-0.39, 0.29) is 21.2 Å². The number of carbonyl (C=O) groups is 6. The fourth-order valence-electron chi connectivity index (χ4n) is 2.54. The number of hydrogen-bond acceptors (Lipinski definition) is 9. The van der Waals surface area contributed by atoms with Gasteiger partial charge in [-0.15, -0.1) is 0 Å². The molecule has 40 heavy (non-hydrogen) atoms. The monoisotopic (exact) mass is 572 g/mol. The summed E-state index contributed by atoms with van der Waals surface area (Å²) in [5.74, 6) is -5.09. The summed E-state index contributed by atoms with van der Waals surface area (Å²) in [6.07, 6.45) is 5.16. The van der Waals surface area contributed by atoms with Crippen molar-refractivity contribution >= 4 is 56.9 Å². The lowest BCUT2D eigenvalue weighted by molar-refractivity contribution is -0.150. The molecule has 2 aromatic carbocycles. The molecular weight excluding hydrogens is 548 g/mol. The average molecular weight is 573 g/mol. The molecule has 0 fully saturated rings. The van der Waals surface area contributed by atoms with Gasteiger partial charge in [0.05, 0.1) is 9.79 Å². The fourth-order valence-corrected chi connectivity index (χ4v) is 3.80. The molecular formula is C26H24N2O11S. The molecule has 4 N–H and O–H groups in total. The largest absolute Gasteiger partial charge is 0.478 e. The molecule has 0 spiro atoms. The number of carbonyl (C=O) groups excluding carboxylic acids is 4. The van der Waals surface area contributed by atoms with E-state index >= 15 is 0 Å². The van der Waals surface area contributed by atoms with Crippen molar-refractivity contribution in [2.75, 3.05) is 10.6 Å². The van der Waals surface area contributed by atoms with Crippen LogP contribution in [0.2, 0.25) is 0 Å². The number of carboxylic acids is 2. The van der Waals surface area contributed by atoms with Crippen LogP contribution in [0, 0.1) is 0 Å². The standard InChI is InChI=1S/C20H16N2O8S.C4H2O3.C2H6/c23-17(9-11-19(25)26)21-13-1-5-15(6-2-13)31(29,30)16-7-3-14(4-8-16)22-18(24)10-12-20(27)28;5-3-1-2-4(6)7-3;1-2/h1-12H,(H,21,23)(H,22,24)(H,25,26)(H,27,28);1-2H;1-2H3/b11-9+,12-10+;;. The highest BCUT2D eigenvalue weighted by molar-refractivity contribution is 7.91. The van der Waals surface area contributed by atoms with Gasteiger partial charge in [-0.3, -0.25) is 9.59 Å². The van der Waals surface area contributed by atoms with Gasteiger partial charge in [-0.25, -0.2) is 27.6 Å². The Morgan fingerprint density at radius 1 is 0.650 bits per heavy atom. The second-order valence-corrected chi connectivity index (χ2v) is 8.90. The summed E-state index contributed by atoms with van der Waals surface area (Å²) in [6.45, 7) is 4.00. The maximum absolute atomic E-state index is 12.7. The second kappa shape index (κ2) is 15.8. The molecule has 0 aromatic heterocycles. The molecule has 0 aliphatic carbocycles. The highest BCUT2D eigenvalue weighted by Crippen LogP contribution is 2.23. The molecule has 0 bridgehead atoms. The van der Waals surface area contributed by atoms with E-state index in [4.69, 9.17) is 10.2 Å². The number of aliphatic carboxylic acids is 2. The van der Waals surface area contributed by atoms with E-state index in [1.54, 1.807) is 0 Å². The molecule has 0 unspecified atom stereocenters. The topological polar surface area (TPSA) is 210 Å². The molecule has 0 radical (unpaired) electrons. The molecule has 2 aromatic rings. The van der Waals surface area contributed by atoms with E-state index in [0.29, 0.717) is 12.2 Å². The Balaban J connectivity index is 0.000000759. The normalized spacial score (nSPS) is 12.1. The first-order valence-electron chi connectivity index (χ1n) is 11.2. The van der Waals surface area contributed by atoms with Crippen LogP contribution in [-0.2, 0) is 43.3 Å². The van der Waals surface area contributed by atoms with Gasteiger partial charge in [0.1, 0.15) is 0 Å². The minimum atomic E-state index is -3.88. The summed E-state index contributed by atoms with van der Waals surface area (Å²) in [4.78, 5) is 63.7. The predicted octanol–water partition coefficient (Wildman–Crippen LogP) is 2.33. The first-order chi connectivity index (χ1) is 18.9. The maximum atomic E-state index is 12.7. The molecule has 0 atom stereocenters. The second-order valence-electron chi connectivity index (χ2n) is 6.95. The quantitative estimate of drug-likeness (QED) is 0.205. The number of nitrogens with one attached hydrogen (secondary N) is 2. The number of rotatable bonds is 8. The number of hydrogen-bond donors (Lipinski definition) is 4. The minimum absolute atomic E-state index is 0.0484. The van der Waals surface area contributed by atoms with Crippen LogP contribution in [0.5, 0.6) is 0 Å². The molecule has 14 heteroatoms. The SMILES string of the molecule is CC.O=C(O)/C=C/C(=O)Nc1ccc(S(=O)(=O)c2ccc(NC(=O)/C=C/C(=O)O)cc2)cc1.O=C1C=CC(=O)O1. The van der Waals surface area contributed by atoms with Gasteiger partial charge in [-0.2, -0.15) is 0 Å². The number of cyclic esters (lactones) is 2. The van der Waals surface area contributed by atoms with E-state index in [9.17, 15) is 37.2 Å². The Morgan fingerprint density at radius 3 is 1.23 bits per heavy atom. The molecule has 3 rings (SSSR count). The number of ether oxygens (including phenoxy) is 1. The van der Waals surface area contributed by atoms with Gasteiger partial charge >= 0.3 is 23.9 Å². The van der Waals surface area contributed by atoms with E-state index in [1.165, 1.54) is 48.5 Å². The van der Waals surface area contributed by atoms with Crippen LogP contribution in [0.25, 0.3) is 0 Å². The molecule has 210 valence electrons. The Kier molecular flexibility index (Phi) is 12.9. The van der Waals surface area contributed by atoms with Crippen LogP contribution in [0.4, 0.5) is 11.4 Å². The number of carboxylic acid groups (broad SMARTS) is 2. The highest BCUT2D eigenvalue weighted by atomic mass is 32.2. The Labute approximate surface area is 228 Å². The summed E-state index contributed by atoms with van der Waals surface area (Å²) in [5.41, 5.74) is 0.540. The third-order valence-electron chi connectivity index (χ3n) is 4.18. The lowest BCUT2D eigenvalue weighted by atomic mass is 10.3. The fraction of sp³-hybridized carbons (Fsp3) is 0.0769. The summed E-state index contributed by atoms with van der Waals surface area (Å²) in [5, 5.41) is 21.8. The number of esters is 2. The van der Waals surface area contributed by atoms with Gasteiger partial charge in [0.25, 0.3) is 0 Å². The first-order valence-corrected chi connectivity index (χ1v) is 12.7. The number of amides is 2. The van der Waals surface area contributed by atoms with E-state index in [1.807, 2.05) is 13.8 Å². The number of benzene rings is 2. The van der Waals surface area contributed by atoms with Crippen molar-refractivity contribution in [1.82, 2.24) is 0 Å². The van der Waals surface area contributed by atoms with Crippen molar-refractivity contribution in [3.05, 3.63) is 85.0 Å². The molecule has 13 nitrogen and oxygen atoms in total.